The van der Waals surface area contributed by atoms with Crippen LogP contribution in [0.3, 0.4) is 0 Å². The van der Waals surface area contributed by atoms with Crippen LogP contribution in [0.5, 0.6) is 0 Å². The van der Waals surface area contributed by atoms with Crippen LogP contribution in [0, 0.1) is 6.92 Å². The van der Waals surface area contributed by atoms with Crippen LogP contribution in [-0.2, 0) is 4.74 Å². The lowest BCUT2D eigenvalue weighted by molar-refractivity contribution is 0.0444. The summed E-state index contributed by atoms with van der Waals surface area (Å²) in [7, 11) is 0. The molecule has 0 saturated carbocycles. The van der Waals surface area contributed by atoms with Crippen LogP contribution in [0.4, 0.5) is 0 Å². The van der Waals surface area contributed by atoms with Gasteiger partial charge in [-0.25, -0.2) is 9.59 Å². The molecule has 0 aliphatic carbocycles. The van der Waals surface area contributed by atoms with Gasteiger partial charge in [-0.15, -0.1) is 0 Å². The first-order valence-electron chi connectivity index (χ1n) is 3.77. The minimum atomic E-state index is -0.713. The van der Waals surface area contributed by atoms with Gasteiger partial charge < -0.3 is 4.74 Å². The average Bonchev–Trinajstić information content (AvgIpc) is 2.38. The van der Waals surface area contributed by atoms with Gasteiger partial charge in [0.1, 0.15) is 0 Å². The van der Waals surface area contributed by atoms with Crippen LogP contribution in [0.1, 0.15) is 26.3 Å². The lowest BCUT2D eigenvalue weighted by Gasteiger charge is -2.03. The molecule has 5 heteroatoms. The number of fused-ring (bicyclic) bond motifs is 1. The van der Waals surface area contributed by atoms with Gasteiger partial charge in [0, 0.05) is 5.02 Å². The molecule has 1 aliphatic rings. The number of benzene rings is 1. The number of rotatable bonds is 0. The molecule has 3 nitrogen and oxygen atoms in total. The summed E-state index contributed by atoms with van der Waals surface area (Å²) < 4.78 is 4.40. The average molecular weight is 231 g/mol. The first-order valence-corrected chi connectivity index (χ1v) is 4.53. The van der Waals surface area contributed by atoms with E-state index in [1.54, 1.807) is 6.92 Å². The molecule has 1 aromatic carbocycles. The van der Waals surface area contributed by atoms with E-state index in [1.807, 2.05) is 0 Å². The molecule has 0 amide bonds. The molecule has 0 fully saturated rings. The maximum atomic E-state index is 11.2. The molecule has 0 atom stereocenters. The van der Waals surface area contributed by atoms with Crippen molar-refractivity contribution in [2.45, 2.75) is 6.92 Å². The molecular formula is C9H4Cl2O3. The number of esters is 2. The van der Waals surface area contributed by atoms with Crippen molar-refractivity contribution < 1.29 is 14.3 Å². The number of carbonyl (C=O) groups is 2. The fraction of sp³-hybridized carbons (Fsp3) is 0.111. The third-order valence-electron chi connectivity index (χ3n) is 2.06. The number of cyclic esters (lactones) is 2. The SMILES string of the molecule is Cc1c(Cl)cc2c(c1Cl)C(=O)OC2=O. The summed E-state index contributed by atoms with van der Waals surface area (Å²) in [6, 6.07) is 1.39. The summed E-state index contributed by atoms with van der Waals surface area (Å²) >= 11 is 11.7. The van der Waals surface area contributed by atoms with Gasteiger partial charge >= 0.3 is 11.9 Å². The van der Waals surface area contributed by atoms with Gasteiger partial charge in [0.15, 0.2) is 0 Å². The van der Waals surface area contributed by atoms with Crippen molar-refractivity contribution in [3.63, 3.8) is 0 Å². The molecule has 0 bridgehead atoms. The third kappa shape index (κ3) is 1.13. The van der Waals surface area contributed by atoms with E-state index in [4.69, 9.17) is 23.2 Å². The molecule has 72 valence electrons. The quantitative estimate of drug-likeness (QED) is 0.509. The summed E-state index contributed by atoms with van der Waals surface area (Å²) in [5.74, 6) is -1.41. The fourth-order valence-electron chi connectivity index (χ4n) is 1.27. The van der Waals surface area contributed by atoms with Gasteiger partial charge in [-0.05, 0) is 18.6 Å². The van der Waals surface area contributed by atoms with Crippen LogP contribution in [0.2, 0.25) is 10.0 Å². The zero-order valence-corrected chi connectivity index (χ0v) is 8.57. The molecule has 0 aromatic heterocycles. The maximum absolute atomic E-state index is 11.2. The van der Waals surface area contributed by atoms with Gasteiger partial charge in [0.05, 0.1) is 16.1 Å². The highest BCUT2D eigenvalue weighted by Crippen LogP contribution is 2.34. The largest absolute Gasteiger partial charge is 0.386 e. The molecule has 0 radical (unpaired) electrons. The van der Waals surface area contributed by atoms with Gasteiger partial charge in [-0.3, -0.25) is 0 Å². The van der Waals surface area contributed by atoms with Crippen LogP contribution < -0.4 is 0 Å². The minimum Gasteiger partial charge on any atom is -0.386 e. The predicted octanol–water partition coefficient (Wildman–Crippen LogP) is 2.61. The summed E-state index contributed by atoms with van der Waals surface area (Å²) in [5.41, 5.74) is 0.813. The van der Waals surface area contributed by atoms with Crippen molar-refractivity contribution in [2.24, 2.45) is 0 Å². The smallest absolute Gasteiger partial charge is 0.348 e. The summed E-state index contributed by atoms with van der Waals surface area (Å²) in [6.45, 7) is 1.67. The molecule has 0 unspecified atom stereocenters. The number of ether oxygens (including phenoxy) is 1. The second kappa shape index (κ2) is 2.97. The number of carbonyl (C=O) groups excluding carboxylic acids is 2. The van der Waals surface area contributed by atoms with Crippen LogP contribution >= 0.6 is 23.2 Å². The van der Waals surface area contributed by atoms with Crippen molar-refractivity contribution >= 4 is 35.1 Å². The monoisotopic (exact) mass is 230 g/mol. The van der Waals surface area contributed by atoms with Crippen LogP contribution in [0.25, 0.3) is 0 Å². The Bertz CT molecular complexity index is 466. The van der Waals surface area contributed by atoms with Crippen molar-refractivity contribution in [3.05, 3.63) is 32.8 Å². The molecule has 1 aromatic rings. The lowest BCUT2D eigenvalue weighted by Crippen LogP contribution is -1.97. The van der Waals surface area contributed by atoms with E-state index in [-0.39, 0.29) is 16.1 Å². The summed E-state index contributed by atoms with van der Waals surface area (Å²) in [6.07, 6.45) is 0. The van der Waals surface area contributed by atoms with Crippen LogP contribution in [0.15, 0.2) is 6.07 Å². The minimum absolute atomic E-state index is 0.110. The Morgan fingerprint density at radius 3 is 2.50 bits per heavy atom. The number of halogens is 2. The zero-order valence-electron chi connectivity index (χ0n) is 7.06. The standard InChI is InChI=1S/C9H4Cl2O3/c1-3-5(10)2-4-6(7(3)11)9(13)14-8(4)12/h2H,1H3. The maximum Gasteiger partial charge on any atom is 0.348 e. The Labute approximate surface area is 89.6 Å². The lowest BCUT2D eigenvalue weighted by atomic mass is 10.1. The van der Waals surface area contributed by atoms with Crippen molar-refractivity contribution in [3.8, 4) is 0 Å². The number of hydrogen-bond acceptors (Lipinski definition) is 3. The predicted molar refractivity (Wildman–Crippen MR) is 50.9 cm³/mol. The topological polar surface area (TPSA) is 43.4 Å². The third-order valence-corrected chi connectivity index (χ3v) is 2.92. The Balaban J connectivity index is 2.82. The molecule has 14 heavy (non-hydrogen) atoms. The van der Waals surface area contributed by atoms with E-state index in [9.17, 15) is 9.59 Å². The highest BCUT2D eigenvalue weighted by Gasteiger charge is 2.33. The molecular weight excluding hydrogens is 227 g/mol. The van der Waals surface area contributed by atoms with Gasteiger partial charge in [0.25, 0.3) is 0 Å². The highest BCUT2D eigenvalue weighted by molar-refractivity contribution is 6.40. The second-order valence-corrected chi connectivity index (χ2v) is 3.68. The van der Waals surface area contributed by atoms with E-state index in [2.05, 4.69) is 4.74 Å². The normalized spacial score (nSPS) is 14.2. The molecule has 2 rings (SSSR count). The molecule has 1 heterocycles. The van der Waals surface area contributed by atoms with E-state index < -0.39 is 11.9 Å². The fourth-order valence-corrected chi connectivity index (χ4v) is 1.80. The Hall–Kier alpha value is -1.06. The molecule has 0 saturated heterocycles. The first kappa shape index (κ1) is 9.49. The van der Waals surface area contributed by atoms with E-state index in [1.165, 1.54) is 6.07 Å². The van der Waals surface area contributed by atoms with Crippen molar-refractivity contribution in [1.29, 1.82) is 0 Å². The van der Waals surface area contributed by atoms with E-state index >= 15 is 0 Å². The summed E-state index contributed by atoms with van der Waals surface area (Å²) in [5, 5.41) is 0.531. The molecule has 0 N–H and O–H groups in total. The first-order chi connectivity index (χ1) is 6.52. The van der Waals surface area contributed by atoms with E-state index in [0.717, 1.165) is 0 Å². The van der Waals surface area contributed by atoms with Gasteiger partial charge in [-0.2, -0.15) is 0 Å². The van der Waals surface area contributed by atoms with Gasteiger partial charge in [0.2, 0.25) is 0 Å². The summed E-state index contributed by atoms with van der Waals surface area (Å²) in [4.78, 5) is 22.3. The Kier molecular flexibility index (Phi) is 2.01. The Morgan fingerprint density at radius 1 is 1.21 bits per heavy atom. The number of hydrogen-bond donors (Lipinski definition) is 0. The van der Waals surface area contributed by atoms with Crippen molar-refractivity contribution in [2.75, 3.05) is 0 Å². The second-order valence-electron chi connectivity index (χ2n) is 2.90. The van der Waals surface area contributed by atoms with Crippen molar-refractivity contribution in [1.82, 2.24) is 0 Å². The molecule has 0 spiro atoms. The van der Waals surface area contributed by atoms with Gasteiger partial charge in [-0.1, -0.05) is 23.2 Å². The van der Waals surface area contributed by atoms with Crippen LogP contribution in [-0.4, -0.2) is 11.9 Å². The highest BCUT2D eigenvalue weighted by atomic mass is 35.5. The molecule has 1 aliphatic heterocycles. The van der Waals surface area contributed by atoms with E-state index in [0.29, 0.717) is 10.6 Å². The Morgan fingerprint density at radius 2 is 1.86 bits per heavy atom. The zero-order chi connectivity index (χ0) is 10.5.